The zero-order chi connectivity index (χ0) is 15.3. The fraction of sp³-hybridized carbons (Fsp3) is 0.615. The molecule has 1 heterocycles. The van der Waals surface area contributed by atoms with Crippen molar-refractivity contribution >= 4 is 17.6 Å². The van der Waals surface area contributed by atoms with Gasteiger partial charge in [-0.3, -0.25) is 19.2 Å². The molecular formula is C13H22N4O3. The first-order chi connectivity index (χ1) is 9.35. The van der Waals surface area contributed by atoms with Crippen LogP contribution in [0.25, 0.3) is 0 Å². The van der Waals surface area contributed by atoms with Crippen LogP contribution < -0.4 is 5.32 Å². The maximum Gasteiger partial charge on any atom is 0.306 e. The third-order valence-electron chi connectivity index (χ3n) is 3.11. The van der Waals surface area contributed by atoms with Crippen LogP contribution in [-0.4, -0.2) is 53.8 Å². The smallest absolute Gasteiger partial charge is 0.306 e. The predicted molar refractivity (Wildman–Crippen MR) is 75.4 cm³/mol. The van der Waals surface area contributed by atoms with E-state index in [1.54, 1.807) is 16.6 Å². The van der Waals surface area contributed by atoms with Crippen molar-refractivity contribution in [1.82, 2.24) is 14.7 Å². The summed E-state index contributed by atoms with van der Waals surface area (Å²) in [6.45, 7) is 4.44. The van der Waals surface area contributed by atoms with Crippen LogP contribution in [0.4, 0.5) is 5.69 Å². The van der Waals surface area contributed by atoms with Gasteiger partial charge in [-0.25, -0.2) is 0 Å². The first kappa shape index (κ1) is 16.2. The Kier molecular flexibility index (Phi) is 5.69. The lowest BCUT2D eigenvalue weighted by Gasteiger charge is -2.15. The summed E-state index contributed by atoms with van der Waals surface area (Å²) in [5.41, 5.74) is 2.45. The number of ether oxygens (including phenoxy) is 1. The summed E-state index contributed by atoms with van der Waals surface area (Å²) in [4.78, 5) is 24.7. The molecule has 1 amide bonds. The Morgan fingerprint density at radius 1 is 1.40 bits per heavy atom. The molecule has 1 N–H and O–H groups in total. The number of nitrogens with zero attached hydrogens (tertiary/aromatic N) is 3. The van der Waals surface area contributed by atoms with Gasteiger partial charge in [-0.15, -0.1) is 0 Å². The molecule has 1 aromatic heterocycles. The van der Waals surface area contributed by atoms with Gasteiger partial charge in [0.25, 0.3) is 0 Å². The van der Waals surface area contributed by atoms with Crippen molar-refractivity contribution in [2.45, 2.75) is 20.3 Å². The highest BCUT2D eigenvalue weighted by atomic mass is 16.5. The zero-order valence-corrected chi connectivity index (χ0v) is 12.7. The second kappa shape index (κ2) is 7.04. The van der Waals surface area contributed by atoms with Crippen LogP contribution in [-0.2, 0) is 21.4 Å². The fourth-order valence-corrected chi connectivity index (χ4v) is 1.84. The van der Waals surface area contributed by atoms with Gasteiger partial charge in [-0.2, -0.15) is 5.10 Å². The van der Waals surface area contributed by atoms with Gasteiger partial charge in [-0.1, -0.05) is 0 Å². The van der Waals surface area contributed by atoms with E-state index in [2.05, 4.69) is 15.2 Å². The van der Waals surface area contributed by atoms with Gasteiger partial charge in [0.2, 0.25) is 5.91 Å². The summed E-state index contributed by atoms with van der Waals surface area (Å²) in [6, 6.07) is 0. The number of nitrogens with one attached hydrogen (secondary N) is 1. The SMILES string of the molecule is COC(=O)CCN(C)CC(=O)Nc1c(C)nn(C)c1C. The minimum Gasteiger partial charge on any atom is -0.469 e. The number of hydrogen-bond acceptors (Lipinski definition) is 5. The average molecular weight is 282 g/mol. The molecule has 1 aromatic rings. The van der Waals surface area contributed by atoms with E-state index in [-0.39, 0.29) is 24.8 Å². The molecular weight excluding hydrogens is 260 g/mol. The molecule has 0 aliphatic carbocycles. The molecule has 0 fully saturated rings. The van der Waals surface area contributed by atoms with Gasteiger partial charge in [-0.05, 0) is 20.9 Å². The summed E-state index contributed by atoms with van der Waals surface area (Å²) < 4.78 is 6.29. The molecule has 0 bridgehead atoms. The Balaban J connectivity index is 2.49. The number of aryl methyl sites for hydroxylation is 2. The molecule has 0 saturated carbocycles. The number of rotatable bonds is 6. The number of esters is 1. The molecule has 0 aliphatic rings. The molecule has 0 unspecified atom stereocenters. The average Bonchev–Trinajstić information content (AvgIpc) is 2.62. The number of carbonyl (C=O) groups is 2. The predicted octanol–water partition coefficient (Wildman–Crippen LogP) is 0.470. The van der Waals surface area contributed by atoms with Crippen LogP contribution in [0, 0.1) is 13.8 Å². The number of methoxy groups -OCH3 is 1. The number of carbonyl (C=O) groups excluding carboxylic acids is 2. The van der Waals surface area contributed by atoms with Crippen LogP contribution >= 0.6 is 0 Å². The van der Waals surface area contributed by atoms with E-state index in [1.165, 1.54) is 7.11 Å². The topological polar surface area (TPSA) is 76.5 Å². The van der Waals surface area contributed by atoms with Crippen molar-refractivity contribution in [1.29, 1.82) is 0 Å². The van der Waals surface area contributed by atoms with Gasteiger partial charge in [0.1, 0.15) is 0 Å². The highest BCUT2D eigenvalue weighted by Crippen LogP contribution is 2.17. The van der Waals surface area contributed by atoms with Crippen LogP contribution in [0.15, 0.2) is 0 Å². The monoisotopic (exact) mass is 282 g/mol. The van der Waals surface area contributed by atoms with Crippen molar-refractivity contribution in [3.05, 3.63) is 11.4 Å². The summed E-state index contributed by atoms with van der Waals surface area (Å²) in [5.74, 6) is -0.409. The largest absolute Gasteiger partial charge is 0.469 e. The van der Waals surface area contributed by atoms with E-state index in [0.717, 1.165) is 17.1 Å². The van der Waals surface area contributed by atoms with E-state index in [1.807, 2.05) is 20.9 Å². The molecule has 112 valence electrons. The van der Waals surface area contributed by atoms with Gasteiger partial charge < -0.3 is 10.1 Å². The molecule has 0 radical (unpaired) electrons. The summed E-state index contributed by atoms with van der Waals surface area (Å²) in [6.07, 6.45) is 0.269. The third-order valence-corrected chi connectivity index (χ3v) is 3.11. The van der Waals surface area contributed by atoms with Crippen LogP contribution in [0.3, 0.4) is 0 Å². The van der Waals surface area contributed by atoms with Gasteiger partial charge >= 0.3 is 5.97 Å². The molecule has 0 spiro atoms. The van der Waals surface area contributed by atoms with E-state index in [0.29, 0.717) is 6.54 Å². The quantitative estimate of drug-likeness (QED) is 0.768. The van der Waals surface area contributed by atoms with Crippen molar-refractivity contribution in [3.63, 3.8) is 0 Å². The van der Waals surface area contributed by atoms with E-state index < -0.39 is 0 Å². The molecule has 0 aromatic carbocycles. The van der Waals surface area contributed by atoms with E-state index in [9.17, 15) is 9.59 Å². The first-order valence-electron chi connectivity index (χ1n) is 6.40. The van der Waals surface area contributed by atoms with E-state index in [4.69, 9.17) is 0 Å². The van der Waals surface area contributed by atoms with Gasteiger partial charge in [0, 0.05) is 13.6 Å². The Labute approximate surface area is 118 Å². The lowest BCUT2D eigenvalue weighted by atomic mass is 10.3. The number of amides is 1. The van der Waals surface area contributed by atoms with Gasteiger partial charge in [0.05, 0.1) is 37.2 Å². The Morgan fingerprint density at radius 2 is 2.05 bits per heavy atom. The van der Waals surface area contributed by atoms with Crippen molar-refractivity contribution in [2.24, 2.45) is 7.05 Å². The summed E-state index contributed by atoms with van der Waals surface area (Å²) in [7, 11) is 4.97. The van der Waals surface area contributed by atoms with Crippen LogP contribution in [0.2, 0.25) is 0 Å². The molecule has 1 rings (SSSR count). The molecule has 7 heteroatoms. The maximum atomic E-state index is 11.9. The molecule has 20 heavy (non-hydrogen) atoms. The van der Waals surface area contributed by atoms with Crippen molar-refractivity contribution in [3.8, 4) is 0 Å². The number of likely N-dealkylation sites (N-methyl/N-ethyl adjacent to an activating group) is 1. The maximum absolute atomic E-state index is 11.9. The Morgan fingerprint density at radius 3 is 2.55 bits per heavy atom. The first-order valence-corrected chi connectivity index (χ1v) is 6.40. The van der Waals surface area contributed by atoms with Crippen molar-refractivity contribution < 1.29 is 14.3 Å². The summed E-state index contributed by atoms with van der Waals surface area (Å²) >= 11 is 0. The minimum absolute atomic E-state index is 0.128. The third kappa shape index (κ3) is 4.34. The summed E-state index contributed by atoms with van der Waals surface area (Å²) in [5, 5.41) is 7.09. The second-order valence-corrected chi connectivity index (χ2v) is 4.78. The lowest BCUT2D eigenvalue weighted by molar-refractivity contribution is -0.141. The fourth-order valence-electron chi connectivity index (χ4n) is 1.84. The molecule has 7 nitrogen and oxygen atoms in total. The zero-order valence-electron chi connectivity index (χ0n) is 12.7. The number of aromatic nitrogens is 2. The van der Waals surface area contributed by atoms with Gasteiger partial charge in [0.15, 0.2) is 0 Å². The number of hydrogen-bond donors (Lipinski definition) is 1. The molecule has 0 saturated heterocycles. The Bertz CT molecular complexity index is 496. The van der Waals surface area contributed by atoms with Crippen LogP contribution in [0.1, 0.15) is 17.8 Å². The molecule has 0 atom stereocenters. The van der Waals surface area contributed by atoms with Crippen molar-refractivity contribution in [2.75, 3.05) is 32.6 Å². The number of anilines is 1. The molecule has 0 aliphatic heterocycles. The highest BCUT2D eigenvalue weighted by molar-refractivity contribution is 5.93. The normalized spacial score (nSPS) is 10.7. The standard InChI is InChI=1S/C13H22N4O3/c1-9-13(10(2)17(4)15-9)14-11(18)8-16(3)7-6-12(19)20-5/h6-8H2,1-5H3,(H,14,18). The van der Waals surface area contributed by atoms with Crippen LogP contribution in [0.5, 0.6) is 0 Å². The van der Waals surface area contributed by atoms with E-state index >= 15 is 0 Å². The lowest BCUT2D eigenvalue weighted by Crippen LogP contribution is -2.32. The second-order valence-electron chi connectivity index (χ2n) is 4.78. The highest BCUT2D eigenvalue weighted by Gasteiger charge is 2.14. The Hall–Kier alpha value is -1.89. The minimum atomic E-state index is -0.281.